The summed E-state index contributed by atoms with van der Waals surface area (Å²) in [5.41, 5.74) is 5.04. The van der Waals surface area contributed by atoms with Crippen LogP contribution >= 0.6 is 27.3 Å². The van der Waals surface area contributed by atoms with E-state index < -0.39 is 11.7 Å². The van der Waals surface area contributed by atoms with E-state index >= 15 is 0 Å². The number of anilines is 1. The number of nitrogens with zero attached hydrogens (tertiary/aromatic N) is 1. The van der Waals surface area contributed by atoms with Gasteiger partial charge in [0.25, 0.3) is 0 Å². The normalized spacial score (nSPS) is 11.8. The predicted octanol–water partition coefficient (Wildman–Crippen LogP) is 4.10. The summed E-state index contributed by atoms with van der Waals surface area (Å²) in [5, 5.41) is 0.357. The van der Waals surface area contributed by atoms with Crippen molar-refractivity contribution < 1.29 is 13.2 Å². The molecule has 2 rings (SSSR count). The van der Waals surface area contributed by atoms with Gasteiger partial charge in [0, 0.05) is 22.0 Å². The molecule has 0 aliphatic rings. The van der Waals surface area contributed by atoms with Gasteiger partial charge in [0.1, 0.15) is 0 Å². The van der Waals surface area contributed by atoms with Gasteiger partial charge in [0.05, 0.1) is 5.56 Å². The molecule has 2 N–H and O–H groups in total. The fraction of sp³-hybridized carbons (Fsp3) is 0.182. The molecule has 0 unspecified atom stereocenters. The van der Waals surface area contributed by atoms with Crippen LogP contribution in [0.5, 0.6) is 0 Å². The van der Waals surface area contributed by atoms with Gasteiger partial charge >= 0.3 is 6.18 Å². The number of nitrogens with two attached hydrogens (primary N) is 1. The first-order valence-corrected chi connectivity index (χ1v) is 6.53. The molecule has 0 fully saturated rings. The lowest BCUT2D eigenvalue weighted by Gasteiger charge is -2.12. The standard InChI is InChI=1S/C11H8BrF3N2S/c12-7-2-1-6(9(4-7)11(13,14)15)3-8-5-17-10(16)18-8/h1-2,4-5H,3H2,(H2,16,17). The minimum Gasteiger partial charge on any atom is -0.375 e. The number of halogens is 4. The number of hydrogen-bond acceptors (Lipinski definition) is 3. The third-order valence-corrected chi connectivity index (χ3v) is 3.63. The Labute approximate surface area is 114 Å². The van der Waals surface area contributed by atoms with Gasteiger partial charge in [0.2, 0.25) is 0 Å². The number of hydrogen-bond donors (Lipinski definition) is 1. The molecule has 0 bridgehead atoms. The third kappa shape index (κ3) is 3.02. The summed E-state index contributed by atoms with van der Waals surface area (Å²) in [4.78, 5) is 4.54. The molecular formula is C11H8BrF3N2S. The van der Waals surface area contributed by atoms with Crippen molar-refractivity contribution in [2.45, 2.75) is 12.6 Å². The maximum absolute atomic E-state index is 12.9. The van der Waals surface area contributed by atoms with Crippen LogP contribution in [0.3, 0.4) is 0 Å². The van der Waals surface area contributed by atoms with Gasteiger partial charge in [-0.25, -0.2) is 4.98 Å². The quantitative estimate of drug-likeness (QED) is 0.896. The van der Waals surface area contributed by atoms with Crippen LogP contribution in [0.2, 0.25) is 0 Å². The molecule has 0 atom stereocenters. The smallest absolute Gasteiger partial charge is 0.375 e. The zero-order valence-electron chi connectivity index (χ0n) is 8.96. The molecule has 96 valence electrons. The van der Waals surface area contributed by atoms with Crippen LogP contribution in [0.25, 0.3) is 0 Å². The minimum absolute atomic E-state index is 0.178. The van der Waals surface area contributed by atoms with Gasteiger partial charge in [-0.1, -0.05) is 22.0 Å². The van der Waals surface area contributed by atoms with Crippen molar-refractivity contribution in [3.63, 3.8) is 0 Å². The highest BCUT2D eigenvalue weighted by atomic mass is 79.9. The monoisotopic (exact) mass is 336 g/mol. The van der Waals surface area contributed by atoms with Crippen molar-refractivity contribution in [1.82, 2.24) is 4.98 Å². The lowest BCUT2D eigenvalue weighted by atomic mass is 10.0. The molecule has 0 saturated heterocycles. The van der Waals surface area contributed by atoms with Crippen molar-refractivity contribution in [1.29, 1.82) is 0 Å². The van der Waals surface area contributed by atoms with Crippen LogP contribution in [0.15, 0.2) is 28.9 Å². The van der Waals surface area contributed by atoms with Gasteiger partial charge in [-0.15, -0.1) is 11.3 Å². The SMILES string of the molecule is Nc1ncc(Cc2ccc(Br)cc2C(F)(F)F)s1. The molecule has 1 aromatic heterocycles. The molecule has 0 aliphatic heterocycles. The van der Waals surface area contributed by atoms with E-state index in [2.05, 4.69) is 20.9 Å². The largest absolute Gasteiger partial charge is 0.416 e. The first-order valence-electron chi connectivity index (χ1n) is 4.92. The summed E-state index contributed by atoms with van der Waals surface area (Å²) in [6.45, 7) is 0. The molecule has 2 aromatic rings. The summed E-state index contributed by atoms with van der Waals surface area (Å²) in [7, 11) is 0. The van der Waals surface area contributed by atoms with Crippen molar-refractivity contribution in [3.8, 4) is 0 Å². The van der Waals surface area contributed by atoms with Crippen LogP contribution < -0.4 is 5.73 Å². The summed E-state index contributed by atoms with van der Waals surface area (Å²) >= 11 is 4.24. The van der Waals surface area contributed by atoms with E-state index in [-0.39, 0.29) is 12.0 Å². The number of thiazole rings is 1. The molecule has 0 spiro atoms. The van der Waals surface area contributed by atoms with Crippen molar-refractivity contribution in [2.24, 2.45) is 0 Å². The van der Waals surface area contributed by atoms with Crippen molar-refractivity contribution in [2.75, 3.05) is 5.73 Å². The molecule has 0 aliphatic carbocycles. The van der Waals surface area contributed by atoms with Crippen LogP contribution in [-0.4, -0.2) is 4.98 Å². The van der Waals surface area contributed by atoms with E-state index in [4.69, 9.17) is 5.73 Å². The number of benzene rings is 1. The van der Waals surface area contributed by atoms with E-state index in [9.17, 15) is 13.2 Å². The Morgan fingerprint density at radius 1 is 1.33 bits per heavy atom. The summed E-state index contributed by atoms with van der Waals surface area (Å²) < 4.78 is 39.0. The lowest BCUT2D eigenvalue weighted by Crippen LogP contribution is -2.09. The molecule has 0 saturated carbocycles. The minimum atomic E-state index is -4.37. The fourth-order valence-corrected chi connectivity index (χ4v) is 2.63. The number of alkyl halides is 3. The van der Waals surface area contributed by atoms with Gasteiger partial charge in [-0.3, -0.25) is 0 Å². The highest BCUT2D eigenvalue weighted by Gasteiger charge is 2.33. The van der Waals surface area contributed by atoms with Gasteiger partial charge in [-0.2, -0.15) is 13.2 Å². The number of rotatable bonds is 2. The molecule has 2 nitrogen and oxygen atoms in total. The Morgan fingerprint density at radius 2 is 2.06 bits per heavy atom. The molecule has 18 heavy (non-hydrogen) atoms. The van der Waals surface area contributed by atoms with Gasteiger partial charge in [-0.05, 0) is 17.7 Å². The highest BCUT2D eigenvalue weighted by Crippen LogP contribution is 2.35. The highest BCUT2D eigenvalue weighted by molar-refractivity contribution is 9.10. The van der Waals surface area contributed by atoms with Gasteiger partial charge in [0.15, 0.2) is 5.13 Å². The second kappa shape index (κ2) is 4.89. The van der Waals surface area contributed by atoms with E-state index in [1.807, 2.05) is 0 Å². The Balaban J connectivity index is 2.38. The van der Waals surface area contributed by atoms with Crippen LogP contribution in [0.1, 0.15) is 16.0 Å². The first kappa shape index (κ1) is 13.4. The molecule has 0 amide bonds. The zero-order valence-corrected chi connectivity index (χ0v) is 11.4. The Morgan fingerprint density at radius 3 is 2.61 bits per heavy atom. The Bertz CT molecular complexity index is 566. The lowest BCUT2D eigenvalue weighted by molar-refractivity contribution is -0.138. The second-order valence-electron chi connectivity index (χ2n) is 3.64. The van der Waals surface area contributed by atoms with E-state index in [1.165, 1.54) is 23.6 Å². The van der Waals surface area contributed by atoms with Crippen LogP contribution in [0.4, 0.5) is 18.3 Å². The molecule has 7 heteroatoms. The fourth-order valence-electron chi connectivity index (χ4n) is 1.56. The first-order chi connectivity index (χ1) is 8.36. The summed E-state index contributed by atoms with van der Waals surface area (Å²) in [6.07, 6.45) is -2.69. The molecule has 1 aromatic carbocycles. The predicted molar refractivity (Wildman–Crippen MR) is 68.5 cm³/mol. The Hall–Kier alpha value is -1.08. The summed E-state index contributed by atoms with van der Waals surface area (Å²) in [6, 6.07) is 4.14. The molecule has 1 heterocycles. The maximum atomic E-state index is 12.9. The topological polar surface area (TPSA) is 38.9 Å². The van der Waals surface area contributed by atoms with E-state index in [1.54, 1.807) is 6.07 Å². The van der Waals surface area contributed by atoms with E-state index in [0.717, 1.165) is 6.07 Å². The molecule has 0 radical (unpaired) electrons. The van der Waals surface area contributed by atoms with E-state index in [0.29, 0.717) is 14.5 Å². The second-order valence-corrected chi connectivity index (χ2v) is 5.70. The zero-order chi connectivity index (χ0) is 13.3. The average molecular weight is 337 g/mol. The van der Waals surface area contributed by atoms with Gasteiger partial charge < -0.3 is 5.73 Å². The molecular weight excluding hydrogens is 329 g/mol. The van der Waals surface area contributed by atoms with Crippen molar-refractivity contribution >= 4 is 32.4 Å². The maximum Gasteiger partial charge on any atom is 0.416 e. The van der Waals surface area contributed by atoms with Crippen molar-refractivity contribution in [3.05, 3.63) is 44.9 Å². The average Bonchev–Trinajstić information content (AvgIpc) is 2.65. The van der Waals surface area contributed by atoms with Crippen LogP contribution in [0, 0.1) is 0 Å². The third-order valence-electron chi connectivity index (χ3n) is 2.31. The Kier molecular flexibility index (Phi) is 3.63. The summed E-state index contributed by atoms with van der Waals surface area (Å²) in [5.74, 6) is 0. The van der Waals surface area contributed by atoms with Crippen LogP contribution in [-0.2, 0) is 12.6 Å². The number of nitrogen functional groups attached to an aromatic ring is 1. The number of aromatic nitrogens is 1.